The SMILES string of the molecule is CC(N)Cc1c(N2CCCCC2)nc2sccn12. The van der Waals surface area contributed by atoms with Gasteiger partial charge in [0.1, 0.15) is 0 Å². The van der Waals surface area contributed by atoms with Gasteiger partial charge >= 0.3 is 0 Å². The highest BCUT2D eigenvalue weighted by Crippen LogP contribution is 2.27. The molecule has 1 aliphatic heterocycles. The molecule has 0 amide bonds. The van der Waals surface area contributed by atoms with Gasteiger partial charge < -0.3 is 10.6 Å². The highest BCUT2D eigenvalue weighted by molar-refractivity contribution is 7.15. The Morgan fingerprint density at radius 3 is 2.89 bits per heavy atom. The summed E-state index contributed by atoms with van der Waals surface area (Å²) in [4.78, 5) is 8.32. The number of aromatic nitrogens is 2. The molecule has 0 bridgehead atoms. The van der Waals surface area contributed by atoms with Crippen molar-refractivity contribution in [2.24, 2.45) is 5.73 Å². The van der Waals surface area contributed by atoms with Crippen LogP contribution >= 0.6 is 11.3 Å². The van der Waals surface area contributed by atoms with E-state index in [4.69, 9.17) is 10.7 Å². The number of rotatable bonds is 3. The zero-order valence-electron chi connectivity index (χ0n) is 10.8. The maximum atomic E-state index is 5.99. The molecule has 1 fully saturated rings. The fraction of sp³-hybridized carbons (Fsp3) is 0.615. The molecule has 1 saturated heterocycles. The highest BCUT2D eigenvalue weighted by atomic mass is 32.1. The Morgan fingerprint density at radius 2 is 2.17 bits per heavy atom. The van der Waals surface area contributed by atoms with Gasteiger partial charge in [0.25, 0.3) is 0 Å². The molecular formula is C13H20N4S. The van der Waals surface area contributed by atoms with Crippen molar-refractivity contribution in [2.45, 2.75) is 38.6 Å². The number of hydrogen-bond donors (Lipinski definition) is 1. The summed E-state index contributed by atoms with van der Waals surface area (Å²) < 4.78 is 2.21. The highest BCUT2D eigenvalue weighted by Gasteiger charge is 2.21. The molecule has 5 heteroatoms. The number of hydrogen-bond acceptors (Lipinski definition) is 4. The molecule has 0 radical (unpaired) electrons. The summed E-state index contributed by atoms with van der Waals surface area (Å²) in [5.41, 5.74) is 7.27. The summed E-state index contributed by atoms with van der Waals surface area (Å²) in [6, 6.07) is 0.174. The van der Waals surface area contributed by atoms with E-state index in [0.717, 1.165) is 24.5 Å². The smallest absolute Gasteiger partial charge is 0.195 e. The maximum Gasteiger partial charge on any atom is 0.195 e. The molecule has 98 valence electrons. The lowest BCUT2D eigenvalue weighted by molar-refractivity contribution is 0.571. The van der Waals surface area contributed by atoms with Crippen molar-refractivity contribution in [3.63, 3.8) is 0 Å². The minimum Gasteiger partial charge on any atom is -0.355 e. The predicted molar refractivity (Wildman–Crippen MR) is 76.5 cm³/mol. The minimum absolute atomic E-state index is 0.174. The summed E-state index contributed by atoms with van der Waals surface area (Å²) in [5, 5.41) is 2.09. The van der Waals surface area contributed by atoms with Gasteiger partial charge in [-0.3, -0.25) is 4.40 Å². The van der Waals surface area contributed by atoms with Crippen molar-refractivity contribution < 1.29 is 0 Å². The van der Waals surface area contributed by atoms with Gasteiger partial charge in [0.15, 0.2) is 10.8 Å². The number of piperidine rings is 1. The van der Waals surface area contributed by atoms with Crippen LogP contribution in [0.25, 0.3) is 4.96 Å². The van der Waals surface area contributed by atoms with Gasteiger partial charge in [-0.1, -0.05) is 0 Å². The Morgan fingerprint density at radius 1 is 1.39 bits per heavy atom. The van der Waals surface area contributed by atoms with Crippen LogP contribution in [-0.2, 0) is 6.42 Å². The Hall–Kier alpha value is -1.07. The molecule has 0 saturated carbocycles. The van der Waals surface area contributed by atoms with Gasteiger partial charge in [-0.25, -0.2) is 4.98 Å². The summed E-state index contributed by atoms with van der Waals surface area (Å²) >= 11 is 1.70. The average Bonchev–Trinajstić information content (AvgIpc) is 2.93. The molecule has 1 unspecified atom stereocenters. The van der Waals surface area contributed by atoms with Crippen LogP contribution in [0.15, 0.2) is 11.6 Å². The Labute approximate surface area is 111 Å². The normalized spacial score (nSPS) is 18.4. The Balaban J connectivity index is 2.00. The first-order chi connectivity index (χ1) is 8.75. The molecule has 3 heterocycles. The van der Waals surface area contributed by atoms with Crippen LogP contribution < -0.4 is 10.6 Å². The van der Waals surface area contributed by atoms with Crippen molar-refractivity contribution in [3.8, 4) is 0 Å². The first-order valence-electron chi connectivity index (χ1n) is 6.70. The fourth-order valence-electron chi connectivity index (χ4n) is 2.67. The van der Waals surface area contributed by atoms with E-state index >= 15 is 0 Å². The molecule has 1 aliphatic rings. The zero-order chi connectivity index (χ0) is 12.5. The lowest BCUT2D eigenvalue weighted by Crippen LogP contribution is -2.31. The van der Waals surface area contributed by atoms with Crippen molar-refractivity contribution >= 4 is 22.1 Å². The minimum atomic E-state index is 0.174. The van der Waals surface area contributed by atoms with Crippen molar-refractivity contribution in [3.05, 3.63) is 17.3 Å². The molecular weight excluding hydrogens is 244 g/mol. The van der Waals surface area contributed by atoms with Crippen LogP contribution in [0.4, 0.5) is 5.82 Å². The third-order valence-electron chi connectivity index (χ3n) is 3.51. The predicted octanol–water partition coefficient (Wildman–Crippen LogP) is 2.28. The third kappa shape index (κ3) is 2.12. The number of imidazole rings is 1. The van der Waals surface area contributed by atoms with Crippen LogP contribution in [-0.4, -0.2) is 28.5 Å². The summed E-state index contributed by atoms with van der Waals surface area (Å²) in [6.07, 6.45) is 6.91. The average molecular weight is 264 g/mol. The monoisotopic (exact) mass is 264 g/mol. The van der Waals surface area contributed by atoms with Crippen LogP contribution in [0.5, 0.6) is 0 Å². The van der Waals surface area contributed by atoms with E-state index in [1.165, 1.54) is 30.8 Å². The standard InChI is InChI=1S/C13H20N4S/c1-10(14)9-11-12(16-5-3-2-4-6-16)15-13-17(11)7-8-18-13/h7-8,10H,2-6,9,14H2,1H3. The van der Waals surface area contributed by atoms with Gasteiger partial charge in [0, 0.05) is 37.1 Å². The molecule has 2 N–H and O–H groups in total. The molecule has 18 heavy (non-hydrogen) atoms. The second-order valence-corrected chi connectivity index (χ2v) is 6.04. The second-order valence-electron chi connectivity index (χ2n) is 5.17. The number of nitrogens with zero attached hydrogens (tertiary/aromatic N) is 3. The van der Waals surface area contributed by atoms with E-state index in [9.17, 15) is 0 Å². The molecule has 4 nitrogen and oxygen atoms in total. The maximum absolute atomic E-state index is 5.99. The van der Waals surface area contributed by atoms with E-state index in [2.05, 4.69) is 27.8 Å². The molecule has 0 aliphatic carbocycles. The summed E-state index contributed by atoms with van der Waals surface area (Å²) in [7, 11) is 0. The molecule has 0 aromatic carbocycles. The van der Waals surface area contributed by atoms with Gasteiger partial charge in [0.05, 0.1) is 5.69 Å². The van der Waals surface area contributed by atoms with Crippen LogP contribution in [0.3, 0.4) is 0 Å². The van der Waals surface area contributed by atoms with E-state index < -0.39 is 0 Å². The first-order valence-corrected chi connectivity index (χ1v) is 7.58. The second kappa shape index (κ2) is 4.90. The zero-order valence-corrected chi connectivity index (χ0v) is 11.6. The van der Waals surface area contributed by atoms with Gasteiger partial charge in [-0.15, -0.1) is 11.3 Å². The van der Waals surface area contributed by atoms with E-state index in [0.29, 0.717) is 0 Å². The topological polar surface area (TPSA) is 46.6 Å². The Kier molecular flexibility index (Phi) is 3.26. The van der Waals surface area contributed by atoms with E-state index in [1.807, 2.05) is 0 Å². The molecule has 2 aromatic rings. The van der Waals surface area contributed by atoms with E-state index in [1.54, 1.807) is 11.3 Å². The first kappa shape index (κ1) is 12.0. The fourth-order valence-corrected chi connectivity index (χ4v) is 3.40. The van der Waals surface area contributed by atoms with Crippen molar-refractivity contribution in [1.82, 2.24) is 9.38 Å². The number of anilines is 1. The number of fused-ring (bicyclic) bond motifs is 1. The van der Waals surface area contributed by atoms with E-state index in [-0.39, 0.29) is 6.04 Å². The largest absolute Gasteiger partial charge is 0.355 e. The Bertz CT molecular complexity index is 522. The van der Waals surface area contributed by atoms with Gasteiger partial charge in [-0.05, 0) is 26.2 Å². The van der Waals surface area contributed by atoms with Crippen molar-refractivity contribution in [1.29, 1.82) is 0 Å². The lowest BCUT2D eigenvalue weighted by Gasteiger charge is -2.28. The quantitative estimate of drug-likeness (QED) is 0.925. The molecule has 1 atom stereocenters. The summed E-state index contributed by atoms with van der Waals surface area (Å²) in [5.74, 6) is 1.17. The number of nitrogens with two attached hydrogens (primary N) is 1. The van der Waals surface area contributed by atoms with Gasteiger partial charge in [-0.2, -0.15) is 0 Å². The van der Waals surface area contributed by atoms with Gasteiger partial charge in [0.2, 0.25) is 0 Å². The van der Waals surface area contributed by atoms with Crippen LogP contribution in [0.1, 0.15) is 31.9 Å². The number of thiazole rings is 1. The third-order valence-corrected chi connectivity index (χ3v) is 4.27. The molecule has 0 spiro atoms. The molecule has 3 rings (SSSR count). The summed E-state index contributed by atoms with van der Waals surface area (Å²) in [6.45, 7) is 4.33. The van der Waals surface area contributed by atoms with Crippen LogP contribution in [0, 0.1) is 0 Å². The van der Waals surface area contributed by atoms with Crippen LogP contribution in [0.2, 0.25) is 0 Å². The lowest BCUT2D eigenvalue weighted by atomic mass is 10.1. The molecule has 2 aromatic heterocycles. The van der Waals surface area contributed by atoms with Crippen molar-refractivity contribution in [2.75, 3.05) is 18.0 Å².